The Morgan fingerprint density at radius 3 is 2.76 bits per heavy atom. The maximum atomic E-state index is 13.2. The number of hydrogen-bond acceptors (Lipinski definition) is 5. The van der Waals surface area contributed by atoms with Crippen molar-refractivity contribution in [3.8, 4) is 11.8 Å². The maximum absolute atomic E-state index is 13.2. The van der Waals surface area contributed by atoms with Crippen molar-refractivity contribution in [2.45, 2.75) is 32.7 Å². The minimum atomic E-state index is -0.344. The Labute approximate surface area is 170 Å². The van der Waals surface area contributed by atoms with E-state index in [1.54, 1.807) is 19.2 Å². The summed E-state index contributed by atoms with van der Waals surface area (Å²) in [6.07, 6.45) is 1.25. The van der Waals surface area contributed by atoms with Crippen molar-refractivity contribution in [2.24, 2.45) is 4.99 Å². The first-order valence-corrected chi connectivity index (χ1v) is 9.57. The number of hydrogen-bond donors (Lipinski definition) is 3. The summed E-state index contributed by atoms with van der Waals surface area (Å²) in [5.74, 6) is 0.623. The summed E-state index contributed by atoms with van der Waals surface area (Å²) in [6, 6.07) is 8.06. The lowest BCUT2D eigenvalue weighted by atomic mass is 10.1. The van der Waals surface area contributed by atoms with Crippen LogP contribution in [-0.4, -0.2) is 48.6 Å². The number of nitriles is 1. The van der Waals surface area contributed by atoms with Crippen molar-refractivity contribution in [2.75, 3.05) is 32.5 Å². The second-order valence-corrected chi connectivity index (χ2v) is 6.57. The van der Waals surface area contributed by atoms with Crippen molar-refractivity contribution < 1.29 is 9.13 Å². The van der Waals surface area contributed by atoms with E-state index in [2.05, 4.69) is 26.8 Å². The van der Waals surface area contributed by atoms with E-state index in [9.17, 15) is 9.65 Å². The summed E-state index contributed by atoms with van der Waals surface area (Å²) in [5, 5.41) is 20.4. The highest BCUT2D eigenvalue weighted by Crippen LogP contribution is 2.21. The van der Waals surface area contributed by atoms with Crippen LogP contribution in [0.15, 0.2) is 29.3 Å². The topological polar surface area (TPSA) is 113 Å². The SMILES string of the molecule is CCNC(=NCCCc1nn(-c2ccc(F)cc2)c(N)c1C#N)NC(C)COC. The highest BCUT2D eigenvalue weighted by molar-refractivity contribution is 5.80. The third kappa shape index (κ3) is 6.19. The molecule has 0 radical (unpaired) electrons. The van der Waals surface area contributed by atoms with Gasteiger partial charge in [-0.15, -0.1) is 0 Å². The summed E-state index contributed by atoms with van der Waals surface area (Å²) >= 11 is 0. The Morgan fingerprint density at radius 1 is 1.41 bits per heavy atom. The number of halogens is 1. The van der Waals surface area contributed by atoms with Crippen molar-refractivity contribution in [3.63, 3.8) is 0 Å². The number of nitrogen functional groups attached to an aromatic ring is 1. The van der Waals surface area contributed by atoms with E-state index in [-0.39, 0.29) is 17.7 Å². The van der Waals surface area contributed by atoms with Crippen LogP contribution >= 0.6 is 0 Å². The number of nitrogens with one attached hydrogen (secondary N) is 2. The van der Waals surface area contributed by atoms with Crippen LogP contribution in [0.1, 0.15) is 31.5 Å². The molecule has 9 heteroatoms. The van der Waals surface area contributed by atoms with Crippen LogP contribution < -0.4 is 16.4 Å². The molecule has 4 N–H and O–H groups in total. The first-order valence-electron chi connectivity index (χ1n) is 9.57. The smallest absolute Gasteiger partial charge is 0.191 e. The average Bonchev–Trinajstić information content (AvgIpc) is 3.01. The molecule has 0 aliphatic heterocycles. The van der Waals surface area contributed by atoms with Crippen molar-refractivity contribution >= 4 is 11.8 Å². The Bertz CT molecular complexity index is 855. The molecule has 29 heavy (non-hydrogen) atoms. The Kier molecular flexibility index (Phi) is 8.43. The number of anilines is 1. The first-order chi connectivity index (χ1) is 14.0. The fraction of sp³-hybridized carbons (Fsp3) is 0.450. The van der Waals surface area contributed by atoms with Crippen LogP contribution in [0.3, 0.4) is 0 Å². The van der Waals surface area contributed by atoms with Gasteiger partial charge in [-0.05, 0) is 51.0 Å². The van der Waals surface area contributed by atoms with Gasteiger partial charge in [-0.2, -0.15) is 10.4 Å². The number of aromatic nitrogens is 2. The zero-order valence-corrected chi connectivity index (χ0v) is 17.1. The summed E-state index contributed by atoms with van der Waals surface area (Å²) in [5.41, 5.74) is 7.64. The van der Waals surface area contributed by atoms with Crippen LogP contribution in [-0.2, 0) is 11.2 Å². The first kappa shape index (κ1) is 22.2. The normalized spacial score (nSPS) is 12.4. The van der Waals surface area contributed by atoms with Gasteiger partial charge in [-0.3, -0.25) is 4.99 Å². The number of guanidine groups is 1. The minimum Gasteiger partial charge on any atom is -0.383 e. The fourth-order valence-electron chi connectivity index (χ4n) is 2.84. The second-order valence-electron chi connectivity index (χ2n) is 6.57. The van der Waals surface area contributed by atoms with Crippen LogP contribution in [0, 0.1) is 17.1 Å². The molecule has 0 saturated carbocycles. The summed E-state index contributed by atoms with van der Waals surface area (Å²) in [7, 11) is 1.66. The number of rotatable bonds is 9. The molecule has 0 saturated heterocycles. The third-order valence-corrected chi connectivity index (χ3v) is 4.16. The van der Waals surface area contributed by atoms with Gasteiger partial charge in [0.15, 0.2) is 5.96 Å². The highest BCUT2D eigenvalue weighted by Gasteiger charge is 2.16. The second kappa shape index (κ2) is 11.0. The monoisotopic (exact) mass is 401 g/mol. The number of nitrogens with two attached hydrogens (primary N) is 1. The van der Waals surface area contributed by atoms with Crippen molar-refractivity contribution in [3.05, 3.63) is 41.3 Å². The molecule has 0 fully saturated rings. The number of ether oxygens (including phenoxy) is 1. The number of nitrogens with zero attached hydrogens (tertiary/aromatic N) is 4. The molecule has 2 aromatic rings. The molecule has 1 unspecified atom stereocenters. The highest BCUT2D eigenvalue weighted by atomic mass is 19.1. The van der Waals surface area contributed by atoms with Gasteiger partial charge < -0.3 is 21.1 Å². The standard InChI is InChI=1S/C20H28FN7O/c1-4-24-20(26-14(2)13-29-3)25-11-5-6-18-17(12-22)19(23)28(27-18)16-9-7-15(21)8-10-16/h7-10,14H,4-6,11,13,23H2,1-3H3,(H2,24,25,26). The zero-order chi connectivity index (χ0) is 21.2. The molecule has 8 nitrogen and oxygen atoms in total. The Morgan fingerprint density at radius 2 is 2.14 bits per heavy atom. The Hall–Kier alpha value is -3.12. The Balaban J connectivity index is 2.05. The molecule has 1 aromatic carbocycles. The van der Waals surface area contributed by atoms with E-state index >= 15 is 0 Å². The van der Waals surface area contributed by atoms with Gasteiger partial charge in [0.1, 0.15) is 23.3 Å². The van der Waals surface area contributed by atoms with Crippen LogP contribution in [0.25, 0.3) is 5.69 Å². The fourth-order valence-corrected chi connectivity index (χ4v) is 2.84. The minimum absolute atomic E-state index is 0.134. The summed E-state index contributed by atoms with van der Waals surface area (Å²) in [4.78, 5) is 4.55. The van der Waals surface area contributed by atoms with Gasteiger partial charge >= 0.3 is 0 Å². The molecule has 0 spiro atoms. The molecule has 0 aliphatic carbocycles. The van der Waals surface area contributed by atoms with Crippen molar-refractivity contribution in [1.29, 1.82) is 5.26 Å². The van der Waals surface area contributed by atoms with E-state index in [1.807, 2.05) is 13.8 Å². The van der Waals surface area contributed by atoms with E-state index in [4.69, 9.17) is 10.5 Å². The predicted molar refractivity (Wildman–Crippen MR) is 111 cm³/mol. The molecule has 1 aromatic heterocycles. The lowest BCUT2D eigenvalue weighted by Crippen LogP contribution is -2.44. The van der Waals surface area contributed by atoms with Crippen molar-refractivity contribution in [1.82, 2.24) is 20.4 Å². The van der Waals surface area contributed by atoms with Crippen LogP contribution in [0.2, 0.25) is 0 Å². The van der Waals surface area contributed by atoms with E-state index < -0.39 is 0 Å². The summed E-state index contributed by atoms with van der Waals surface area (Å²) in [6.45, 7) is 5.91. The third-order valence-electron chi connectivity index (χ3n) is 4.16. The number of benzene rings is 1. The molecule has 0 aliphatic rings. The molecule has 156 valence electrons. The van der Waals surface area contributed by atoms with Gasteiger partial charge in [-0.1, -0.05) is 0 Å². The largest absolute Gasteiger partial charge is 0.383 e. The van der Waals surface area contributed by atoms with Crippen LogP contribution in [0.5, 0.6) is 0 Å². The van der Waals surface area contributed by atoms with E-state index in [1.165, 1.54) is 16.8 Å². The molecular formula is C20H28FN7O. The molecule has 1 heterocycles. The number of aryl methyl sites for hydroxylation is 1. The zero-order valence-electron chi connectivity index (χ0n) is 17.1. The van der Waals surface area contributed by atoms with E-state index in [0.29, 0.717) is 48.9 Å². The lowest BCUT2D eigenvalue weighted by molar-refractivity contribution is 0.179. The van der Waals surface area contributed by atoms with Gasteiger partial charge in [0.25, 0.3) is 0 Å². The number of aliphatic imine (C=N–C) groups is 1. The van der Waals surface area contributed by atoms with Gasteiger partial charge in [0, 0.05) is 26.2 Å². The quantitative estimate of drug-likeness (QED) is 0.336. The lowest BCUT2D eigenvalue weighted by Gasteiger charge is -2.16. The number of methoxy groups -OCH3 is 1. The molecule has 1 atom stereocenters. The molecule has 0 bridgehead atoms. The maximum Gasteiger partial charge on any atom is 0.191 e. The van der Waals surface area contributed by atoms with Gasteiger partial charge in [-0.25, -0.2) is 9.07 Å². The molecule has 2 rings (SSSR count). The van der Waals surface area contributed by atoms with Gasteiger partial charge in [0.05, 0.1) is 18.0 Å². The predicted octanol–water partition coefficient (Wildman–Crippen LogP) is 1.99. The van der Waals surface area contributed by atoms with Crippen LogP contribution in [0.4, 0.5) is 10.2 Å². The molecule has 0 amide bonds. The van der Waals surface area contributed by atoms with Gasteiger partial charge in [0.2, 0.25) is 0 Å². The summed E-state index contributed by atoms with van der Waals surface area (Å²) < 4.78 is 19.8. The molecular weight excluding hydrogens is 373 g/mol. The average molecular weight is 401 g/mol. The van der Waals surface area contributed by atoms with E-state index in [0.717, 1.165) is 6.54 Å².